The highest BCUT2D eigenvalue weighted by atomic mass is 32.1. The average molecular weight is 290 g/mol. The van der Waals surface area contributed by atoms with Gasteiger partial charge in [0.15, 0.2) is 28.4 Å². The molecular weight excluding hydrogens is 284 g/mol. The first-order valence-electron chi connectivity index (χ1n) is 4.96. The second kappa shape index (κ2) is 4.96. The minimum Gasteiger partial charge on any atom is -0.298 e. The summed E-state index contributed by atoms with van der Waals surface area (Å²) in [5, 5.41) is 3.93. The lowest BCUT2D eigenvalue weighted by molar-refractivity contribution is 0.102. The maximum Gasteiger partial charge on any atom is 0.260 e. The Morgan fingerprint density at radius 2 is 1.89 bits per heavy atom. The predicted octanol–water partition coefficient (Wildman–Crippen LogP) is 3.26. The molecule has 0 radical (unpaired) electrons. The SMILES string of the molecule is Cc1csc(NC(=O)c2cc(F)c(F)c(F)c2F)n1. The van der Waals surface area contributed by atoms with Crippen molar-refractivity contribution in [2.24, 2.45) is 0 Å². The van der Waals surface area contributed by atoms with Crippen LogP contribution in [0.25, 0.3) is 0 Å². The van der Waals surface area contributed by atoms with Gasteiger partial charge in [-0.3, -0.25) is 10.1 Å². The van der Waals surface area contributed by atoms with Gasteiger partial charge >= 0.3 is 0 Å². The molecule has 1 aromatic carbocycles. The minimum absolute atomic E-state index is 0.145. The molecule has 1 aromatic heterocycles. The van der Waals surface area contributed by atoms with Crippen molar-refractivity contribution in [1.82, 2.24) is 4.98 Å². The molecule has 0 spiro atoms. The maximum absolute atomic E-state index is 13.3. The van der Waals surface area contributed by atoms with Gasteiger partial charge in [0.25, 0.3) is 5.91 Å². The van der Waals surface area contributed by atoms with E-state index < -0.39 is 34.7 Å². The van der Waals surface area contributed by atoms with Gasteiger partial charge in [-0.2, -0.15) is 0 Å². The van der Waals surface area contributed by atoms with E-state index >= 15 is 0 Å². The smallest absolute Gasteiger partial charge is 0.260 e. The number of anilines is 1. The van der Waals surface area contributed by atoms with Crippen LogP contribution in [-0.2, 0) is 0 Å². The van der Waals surface area contributed by atoms with E-state index in [1.54, 1.807) is 12.3 Å². The Morgan fingerprint density at radius 3 is 2.47 bits per heavy atom. The number of aromatic nitrogens is 1. The molecule has 19 heavy (non-hydrogen) atoms. The van der Waals surface area contributed by atoms with Crippen molar-refractivity contribution >= 4 is 22.4 Å². The Labute approximate surface area is 108 Å². The molecule has 8 heteroatoms. The van der Waals surface area contributed by atoms with Gasteiger partial charge in [0, 0.05) is 5.38 Å². The van der Waals surface area contributed by atoms with E-state index in [2.05, 4.69) is 10.3 Å². The van der Waals surface area contributed by atoms with Crippen LogP contribution in [0, 0.1) is 30.2 Å². The number of benzene rings is 1. The molecule has 1 heterocycles. The van der Waals surface area contributed by atoms with Gasteiger partial charge in [-0.1, -0.05) is 0 Å². The Balaban J connectivity index is 2.34. The fourth-order valence-electron chi connectivity index (χ4n) is 1.31. The summed E-state index contributed by atoms with van der Waals surface area (Å²) in [5.41, 5.74) is -0.304. The summed E-state index contributed by atoms with van der Waals surface area (Å²) >= 11 is 1.06. The van der Waals surface area contributed by atoms with E-state index in [1.807, 2.05) is 0 Å². The highest BCUT2D eigenvalue weighted by molar-refractivity contribution is 7.13. The fourth-order valence-corrected chi connectivity index (χ4v) is 2.00. The zero-order chi connectivity index (χ0) is 14.2. The molecule has 3 nitrogen and oxygen atoms in total. The monoisotopic (exact) mass is 290 g/mol. The number of nitrogens with zero attached hydrogens (tertiary/aromatic N) is 1. The van der Waals surface area contributed by atoms with Gasteiger partial charge in [-0.15, -0.1) is 11.3 Å². The number of rotatable bonds is 2. The largest absolute Gasteiger partial charge is 0.298 e. The van der Waals surface area contributed by atoms with Crippen molar-refractivity contribution in [2.75, 3.05) is 5.32 Å². The van der Waals surface area contributed by atoms with Gasteiger partial charge in [0.05, 0.1) is 11.3 Å². The summed E-state index contributed by atoms with van der Waals surface area (Å²) in [4.78, 5) is 15.5. The number of amides is 1. The molecule has 0 aliphatic rings. The molecule has 0 saturated heterocycles. The Bertz CT molecular complexity index is 656. The topological polar surface area (TPSA) is 42.0 Å². The number of carbonyl (C=O) groups excluding carboxylic acids is 1. The van der Waals surface area contributed by atoms with Crippen molar-refractivity contribution in [2.45, 2.75) is 6.92 Å². The molecule has 0 saturated carbocycles. The van der Waals surface area contributed by atoms with Crippen molar-refractivity contribution in [3.05, 3.63) is 46.0 Å². The van der Waals surface area contributed by atoms with Crippen molar-refractivity contribution in [1.29, 1.82) is 0 Å². The molecule has 1 N–H and O–H groups in total. The molecule has 0 fully saturated rings. The van der Waals surface area contributed by atoms with Crippen LogP contribution in [0.2, 0.25) is 0 Å². The van der Waals surface area contributed by atoms with Crippen LogP contribution >= 0.6 is 11.3 Å². The summed E-state index contributed by atoms with van der Waals surface area (Å²) in [6, 6.07) is 0.295. The molecular formula is C11H6F4N2OS. The van der Waals surface area contributed by atoms with Crippen molar-refractivity contribution in [3.63, 3.8) is 0 Å². The van der Waals surface area contributed by atoms with E-state index in [4.69, 9.17) is 0 Å². The van der Waals surface area contributed by atoms with Crippen LogP contribution in [0.4, 0.5) is 22.7 Å². The third-order valence-electron chi connectivity index (χ3n) is 2.19. The number of hydrogen-bond donors (Lipinski definition) is 1. The van der Waals surface area contributed by atoms with Crippen molar-refractivity contribution < 1.29 is 22.4 Å². The summed E-state index contributed by atoms with van der Waals surface area (Å²) in [5.74, 6) is -8.48. The fraction of sp³-hybridized carbons (Fsp3) is 0.0909. The third kappa shape index (κ3) is 2.58. The number of hydrogen-bond acceptors (Lipinski definition) is 3. The van der Waals surface area contributed by atoms with E-state index in [9.17, 15) is 22.4 Å². The highest BCUT2D eigenvalue weighted by Gasteiger charge is 2.23. The van der Waals surface area contributed by atoms with Crippen LogP contribution in [0.5, 0.6) is 0 Å². The summed E-state index contributed by atoms with van der Waals surface area (Å²) in [6.45, 7) is 1.67. The first-order chi connectivity index (χ1) is 8.90. The normalized spacial score (nSPS) is 10.6. The quantitative estimate of drug-likeness (QED) is 0.524. The summed E-state index contributed by atoms with van der Waals surface area (Å²) in [7, 11) is 0. The highest BCUT2D eigenvalue weighted by Crippen LogP contribution is 2.21. The molecule has 2 aromatic rings. The van der Waals surface area contributed by atoms with Gasteiger partial charge in [-0.05, 0) is 13.0 Å². The number of aryl methyl sites for hydroxylation is 1. The zero-order valence-electron chi connectivity index (χ0n) is 9.43. The standard InChI is InChI=1S/C11H6F4N2OS/c1-4-3-19-11(16-4)17-10(18)5-2-6(12)8(14)9(15)7(5)13/h2-3H,1H3,(H,16,17,18). The minimum atomic E-state index is -2.03. The number of nitrogens with one attached hydrogen (secondary N) is 1. The van der Waals surface area contributed by atoms with Crippen LogP contribution in [0.15, 0.2) is 11.4 Å². The number of carbonyl (C=O) groups is 1. The molecule has 0 unspecified atom stereocenters. The molecule has 1 amide bonds. The van der Waals surface area contributed by atoms with Crippen LogP contribution in [0.1, 0.15) is 16.1 Å². The van der Waals surface area contributed by atoms with Gasteiger partial charge in [-0.25, -0.2) is 22.5 Å². The van der Waals surface area contributed by atoms with E-state index in [0.717, 1.165) is 11.3 Å². The van der Waals surface area contributed by atoms with Gasteiger partial charge in [0.1, 0.15) is 0 Å². The molecule has 0 atom stereocenters. The van der Waals surface area contributed by atoms with Crippen LogP contribution in [-0.4, -0.2) is 10.9 Å². The van der Waals surface area contributed by atoms with E-state index in [0.29, 0.717) is 11.8 Å². The predicted molar refractivity (Wildman–Crippen MR) is 61.1 cm³/mol. The lowest BCUT2D eigenvalue weighted by Gasteiger charge is -2.05. The molecule has 0 aliphatic heterocycles. The summed E-state index contributed by atoms with van der Waals surface area (Å²) in [6.07, 6.45) is 0. The first kappa shape index (κ1) is 13.5. The third-order valence-corrected chi connectivity index (χ3v) is 3.06. The zero-order valence-corrected chi connectivity index (χ0v) is 10.2. The Morgan fingerprint density at radius 1 is 1.21 bits per heavy atom. The van der Waals surface area contributed by atoms with E-state index in [1.165, 1.54) is 0 Å². The average Bonchev–Trinajstić information content (AvgIpc) is 2.76. The number of halogens is 4. The number of thiazole rings is 1. The molecule has 100 valence electrons. The molecule has 2 rings (SSSR count). The molecule has 0 bridgehead atoms. The lowest BCUT2D eigenvalue weighted by atomic mass is 10.1. The molecule has 0 aliphatic carbocycles. The Hall–Kier alpha value is -1.96. The second-order valence-corrected chi connectivity index (χ2v) is 4.45. The van der Waals surface area contributed by atoms with Gasteiger partial charge in [0.2, 0.25) is 0 Å². The summed E-state index contributed by atoms with van der Waals surface area (Å²) < 4.78 is 52.0. The van der Waals surface area contributed by atoms with E-state index in [-0.39, 0.29) is 5.13 Å². The van der Waals surface area contributed by atoms with Gasteiger partial charge < -0.3 is 0 Å². The Kier molecular flexibility index (Phi) is 3.52. The maximum atomic E-state index is 13.3. The van der Waals surface area contributed by atoms with Crippen LogP contribution in [0.3, 0.4) is 0 Å². The second-order valence-electron chi connectivity index (χ2n) is 3.60. The first-order valence-corrected chi connectivity index (χ1v) is 5.84. The van der Waals surface area contributed by atoms with Crippen LogP contribution < -0.4 is 5.32 Å². The lowest BCUT2D eigenvalue weighted by Crippen LogP contribution is -2.16. The van der Waals surface area contributed by atoms with Crippen molar-refractivity contribution in [3.8, 4) is 0 Å².